The Hall–Kier alpha value is -0.160. The summed E-state index contributed by atoms with van der Waals surface area (Å²) in [5.41, 5.74) is -0.573. The van der Waals surface area contributed by atoms with Gasteiger partial charge in [-0.1, -0.05) is 78.1 Å². The van der Waals surface area contributed by atoms with Crippen LogP contribution in [0.25, 0.3) is 0 Å². The molecule has 146 valence electrons. The van der Waals surface area contributed by atoms with Crippen LogP contribution >= 0.6 is 0 Å². The van der Waals surface area contributed by atoms with E-state index in [1.165, 1.54) is 57.8 Å². The van der Waals surface area contributed by atoms with Gasteiger partial charge in [0.25, 0.3) is 0 Å². The topological polar surface area (TPSA) is 69.9 Å². The van der Waals surface area contributed by atoms with Crippen molar-refractivity contribution in [2.24, 2.45) is 5.41 Å². The van der Waals surface area contributed by atoms with E-state index in [1.54, 1.807) is 0 Å². The SMILES string of the molecule is CCCCCCCCCCCCC(O)COCC(CC)(CO)CO. The fraction of sp³-hybridized carbons (Fsp3) is 1.00. The Morgan fingerprint density at radius 2 is 1.29 bits per heavy atom. The van der Waals surface area contributed by atoms with Crippen molar-refractivity contribution in [2.45, 2.75) is 97.0 Å². The van der Waals surface area contributed by atoms with Crippen LogP contribution in [-0.4, -0.2) is 47.9 Å². The van der Waals surface area contributed by atoms with Gasteiger partial charge in [0.05, 0.1) is 32.5 Å². The maximum absolute atomic E-state index is 9.94. The number of ether oxygens (including phenoxy) is 1. The second-order valence-electron chi connectivity index (χ2n) is 7.31. The molecule has 0 fully saturated rings. The van der Waals surface area contributed by atoms with Crippen LogP contribution < -0.4 is 0 Å². The molecule has 24 heavy (non-hydrogen) atoms. The lowest BCUT2D eigenvalue weighted by molar-refractivity contribution is -0.0533. The van der Waals surface area contributed by atoms with Crippen molar-refractivity contribution in [1.29, 1.82) is 0 Å². The van der Waals surface area contributed by atoms with Gasteiger partial charge in [0.15, 0.2) is 0 Å². The van der Waals surface area contributed by atoms with E-state index in [1.807, 2.05) is 6.92 Å². The van der Waals surface area contributed by atoms with Crippen molar-refractivity contribution >= 4 is 0 Å². The molecule has 0 aliphatic rings. The van der Waals surface area contributed by atoms with Crippen molar-refractivity contribution in [3.05, 3.63) is 0 Å². The number of aliphatic hydroxyl groups is 3. The number of hydrogen-bond donors (Lipinski definition) is 3. The molecule has 4 nitrogen and oxygen atoms in total. The molecule has 0 radical (unpaired) electrons. The smallest absolute Gasteiger partial charge is 0.0773 e. The van der Waals surface area contributed by atoms with Crippen molar-refractivity contribution in [3.63, 3.8) is 0 Å². The molecule has 3 N–H and O–H groups in total. The summed E-state index contributed by atoms with van der Waals surface area (Å²) in [6, 6.07) is 0. The standard InChI is InChI=1S/C20H42O4/c1-3-5-6-7-8-9-10-11-12-13-14-19(23)15-24-18-20(4-2,16-21)17-22/h19,21-23H,3-18H2,1-2H3. The summed E-state index contributed by atoms with van der Waals surface area (Å²) in [5.74, 6) is 0. The summed E-state index contributed by atoms with van der Waals surface area (Å²) >= 11 is 0. The Bertz CT molecular complexity index is 246. The average Bonchev–Trinajstić information content (AvgIpc) is 2.61. The molecule has 4 heteroatoms. The van der Waals surface area contributed by atoms with Crippen LogP contribution in [0.4, 0.5) is 0 Å². The second-order valence-corrected chi connectivity index (χ2v) is 7.31. The fourth-order valence-electron chi connectivity index (χ4n) is 2.83. The molecule has 0 saturated heterocycles. The predicted molar refractivity (Wildman–Crippen MR) is 100 cm³/mol. The highest BCUT2D eigenvalue weighted by Gasteiger charge is 2.27. The van der Waals surface area contributed by atoms with Crippen LogP contribution in [0.1, 0.15) is 90.9 Å². The minimum atomic E-state index is -0.573. The van der Waals surface area contributed by atoms with E-state index in [9.17, 15) is 15.3 Å². The minimum Gasteiger partial charge on any atom is -0.396 e. The van der Waals surface area contributed by atoms with Gasteiger partial charge in [0.2, 0.25) is 0 Å². The Morgan fingerprint density at radius 3 is 1.75 bits per heavy atom. The third-order valence-electron chi connectivity index (χ3n) is 5.03. The highest BCUT2D eigenvalue weighted by molar-refractivity contribution is 4.75. The summed E-state index contributed by atoms with van der Waals surface area (Å²) in [6.45, 7) is 4.59. The summed E-state index contributed by atoms with van der Waals surface area (Å²) in [5, 5.41) is 28.6. The quantitative estimate of drug-likeness (QED) is 0.327. The summed E-state index contributed by atoms with van der Waals surface area (Å²) in [4.78, 5) is 0. The van der Waals surface area contributed by atoms with E-state index in [0.717, 1.165) is 12.8 Å². The zero-order valence-corrected chi connectivity index (χ0v) is 16.1. The van der Waals surface area contributed by atoms with Gasteiger partial charge >= 0.3 is 0 Å². The first kappa shape index (κ1) is 23.8. The fourth-order valence-corrected chi connectivity index (χ4v) is 2.83. The van der Waals surface area contributed by atoms with Gasteiger partial charge in [-0.05, 0) is 12.8 Å². The molecule has 0 spiro atoms. The zero-order chi connectivity index (χ0) is 18.1. The molecule has 1 atom stereocenters. The van der Waals surface area contributed by atoms with E-state index in [2.05, 4.69) is 6.92 Å². The van der Waals surface area contributed by atoms with Crippen LogP contribution in [0, 0.1) is 5.41 Å². The highest BCUT2D eigenvalue weighted by Crippen LogP contribution is 2.21. The van der Waals surface area contributed by atoms with Crippen LogP contribution in [0.2, 0.25) is 0 Å². The number of unbranched alkanes of at least 4 members (excludes halogenated alkanes) is 9. The van der Waals surface area contributed by atoms with Gasteiger partial charge in [0.1, 0.15) is 0 Å². The molecule has 0 bridgehead atoms. The van der Waals surface area contributed by atoms with Gasteiger partial charge in [-0.25, -0.2) is 0 Å². The van der Waals surface area contributed by atoms with E-state index in [4.69, 9.17) is 4.74 Å². The van der Waals surface area contributed by atoms with E-state index >= 15 is 0 Å². The summed E-state index contributed by atoms with van der Waals surface area (Å²) in [7, 11) is 0. The lowest BCUT2D eigenvalue weighted by Gasteiger charge is -2.28. The average molecular weight is 347 g/mol. The van der Waals surface area contributed by atoms with Crippen molar-refractivity contribution < 1.29 is 20.1 Å². The molecule has 0 rings (SSSR count). The molecule has 0 aromatic rings. The minimum absolute atomic E-state index is 0.0888. The Balaban J connectivity index is 3.45. The van der Waals surface area contributed by atoms with Gasteiger partial charge in [0, 0.05) is 5.41 Å². The molecule has 0 aromatic heterocycles. The lowest BCUT2D eigenvalue weighted by atomic mass is 9.88. The maximum Gasteiger partial charge on any atom is 0.0773 e. The Labute approximate surface area is 149 Å². The molecular weight excluding hydrogens is 304 g/mol. The maximum atomic E-state index is 9.94. The third kappa shape index (κ3) is 12.2. The molecule has 0 aliphatic carbocycles. The summed E-state index contributed by atoms with van der Waals surface area (Å²) in [6.07, 6.45) is 13.9. The van der Waals surface area contributed by atoms with Gasteiger partial charge in [-0.3, -0.25) is 0 Å². The molecule has 0 heterocycles. The largest absolute Gasteiger partial charge is 0.396 e. The molecule has 0 amide bonds. The van der Waals surface area contributed by atoms with E-state index in [-0.39, 0.29) is 13.2 Å². The molecule has 1 unspecified atom stereocenters. The Kier molecular flexibility index (Phi) is 16.2. The van der Waals surface area contributed by atoms with Gasteiger partial charge in [-0.15, -0.1) is 0 Å². The normalized spacial score (nSPS) is 13.4. The predicted octanol–water partition coefficient (Wildman–Crippen LogP) is 4.06. The zero-order valence-electron chi connectivity index (χ0n) is 16.1. The van der Waals surface area contributed by atoms with Crippen LogP contribution in [0.3, 0.4) is 0 Å². The second kappa shape index (κ2) is 16.3. The van der Waals surface area contributed by atoms with E-state index in [0.29, 0.717) is 19.6 Å². The first-order chi connectivity index (χ1) is 11.6. The van der Waals surface area contributed by atoms with E-state index < -0.39 is 11.5 Å². The van der Waals surface area contributed by atoms with Gasteiger partial charge in [-0.2, -0.15) is 0 Å². The van der Waals surface area contributed by atoms with Gasteiger partial charge < -0.3 is 20.1 Å². The molecule has 0 aromatic carbocycles. The van der Waals surface area contributed by atoms with Crippen molar-refractivity contribution in [1.82, 2.24) is 0 Å². The lowest BCUT2D eigenvalue weighted by Crippen LogP contribution is -2.35. The monoisotopic (exact) mass is 346 g/mol. The van der Waals surface area contributed by atoms with Crippen molar-refractivity contribution in [2.75, 3.05) is 26.4 Å². The van der Waals surface area contributed by atoms with Crippen molar-refractivity contribution in [3.8, 4) is 0 Å². The van der Waals surface area contributed by atoms with Crippen LogP contribution in [0.5, 0.6) is 0 Å². The first-order valence-corrected chi connectivity index (χ1v) is 10.1. The van der Waals surface area contributed by atoms with Crippen LogP contribution in [-0.2, 0) is 4.74 Å². The molecule has 0 aliphatic heterocycles. The number of hydrogen-bond acceptors (Lipinski definition) is 4. The molecular formula is C20H42O4. The molecule has 0 saturated carbocycles. The Morgan fingerprint density at radius 1 is 0.792 bits per heavy atom. The summed E-state index contributed by atoms with van der Waals surface area (Å²) < 4.78 is 5.51. The number of rotatable bonds is 18. The first-order valence-electron chi connectivity index (χ1n) is 10.1. The number of aliphatic hydroxyl groups excluding tert-OH is 3. The highest BCUT2D eigenvalue weighted by atomic mass is 16.5. The van der Waals surface area contributed by atoms with Crippen LogP contribution in [0.15, 0.2) is 0 Å². The third-order valence-corrected chi connectivity index (χ3v) is 5.03.